The summed E-state index contributed by atoms with van der Waals surface area (Å²) in [5, 5.41) is 24.7. The number of amides is 1. The highest BCUT2D eigenvalue weighted by Crippen LogP contribution is 2.27. The third kappa shape index (κ3) is 6.91. The fourth-order valence-electron chi connectivity index (χ4n) is 3.71. The van der Waals surface area contributed by atoms with E-state index >= 15 is 0 Å². The van der Waals surface area contributed by atoms with Crippen molar-refractivity contribution in [3.8, 4) is 11.1 Å². The van der Waals surface area contributed by atoms with Crippen LogP contribution in [-0.4, -0.2) is 59.7 Å². The minimum absolute atomic E-state index is 0.0601. The van der Waals surface area contributed by atoms with Gasteiger partial charge >= 0.3 is 5.97 Å². The van der Waals surface area contributed by atoms with Crippen LogP contribution in [0.2, 0.25) is 10.0 Å². The van der Waals surface area contributed by atoms with Gasteiger partial charge in [-0.05, 0) is 61.1 Å². The van der Waals surface area contributed by atoms with Crippen LogP contribution in [0.1, 0.15) is 25.3 Å². The van der Waals surface area contributed by atoms with Gasteiger partial charge in [0.1, 0.15) is 12.2 Å². The van der Waals surface area contributed by atoms with E-state index in [4.69, 9.17) is 32.7 Å². The van der Waals surface area contributed by atoms with Crippen LogP contribution in [0.15, 0.2) is 42.5 Å². The molecule has 1 aliphatic rings. The Morgan fingerprint density at radius 2 is 1.79 bits per heavy atom. The molecular formula is C24H27Cl2NO6. The van der Waals surface area contributed by atoms with Gasteiger partial charge in [0.05, 0.1) is 12.6 Å². The maximum absolute atomic E-state index is 12.6. The highest BCUT2D eigenvalue weighted by Gasteiger charge is 2.35. The molecule has 0 radical (unpaired) electrons. The lowest BCUT2D eigenvalue weighted by Gasteiger charge is -2.28. The largest absolute Gasteiger partial charge is 0.464 e. The van der Waals surface area contributed by atoms with E-state index in [0.29, 0.717) is 23.1 Å². The van der Waals surface area contributed by atoms with Gasteiger partial charge in [-0.15, -0.1) is 0 Å². The molecule has 0 spiro atoms. The number of aliphatic hydroxyl groups is 2. The number of halogens is 2. The molecule has 3 unspecified atom stereocenters. The van der Waals surface area contributed by atoms with E-state index in [0.717, 1.165) is 23.1 Å². The Bertz CT molecular complexity index is 942. The predicted molar refractivity (Wildman–Crippen MR) is 125 cm³/mol. The molecule has 178 valence electrons. The molecule has 33 heavy (non-hydrogen) atoms. The Morgan fingerprint density at radius 1 is 1.12 bits per heavy atom. The second-order valence-corrected chi connectivity index (χ2v) is 8.74. The topological polar surface area (TPSA) is 105 Å². The molecule has 1 aliphatic heterocycles. The van der Waals surface area contributed by atoms with E-state index < -0.39 is 36.2 Å². The summed E-state index contributed by atoms with van der Waals surface area (Å²) < 4.78 is 10.2. The van der Waals surface area contributed by atoms with Crippen molar-refractivity contribution in [3.63, 3.8) is 0 Å². The molecule has 0 saturated carbocycles. The van der Waals surface area contributed by atoms with Crippen molar-refractivity contribution in [3.05, 3.63) is 58.1 Å². The van der Waals surface area contributed by atoms with E-state index in [-0.39, 0.29) is 13.0 Å². The Balaban J connectivity index is 1.77. The third-order valence-electron chi connectivity index (χ3n) is 5.42. The van der Waals surface area contributed by atoms with Gasteiger partial charge in [0, 0.05) is 16.7 Å². The molecule has 1 fully saturated rings. The highest BCUT2D eigenvalue weighted by molar-refractivity contribution is 6.35. The fourth-order valence-corrected chi connectivity index (χ4v) is 4.24. The molecule has 0 aromatic heterocycles. The van der Waals surface area contributed by atoms with Crippen LogP contribution in [0.3, 0.4) is 0 Å². The van der Waals surface area contributed by atoms with E-state index in [1.807, 2.05) is 24.3 Å². The summed E-state index contributed by atoms with van der Waals surface area (Å²) in [6.45, 7) is 2.15. The fraction of sp³-hybridized carbons (Fsp3) is 0.417. The molecule has 0 aliphatic carbocycles. The van der Waals surface area contributed by atoms with Crippen LogP contribution in [0.4, 0.5) is 0 Å². The normalized spacial score (nSPS) is 18.4. The first-order chi connectivity index (χ1) is 15.8. The number of carbonyl (C=O) groups is 2. The maximum Gasteiger partial charge on any atom is 0.337 e. The van der Waals surface area contributed by atoms with Crippen molar-refractivity contribution in [1.29, 1.82) is 0 Å². The SMILES string of the molecule is CCOC(=O)C(O)C(O)C(Cc1ccc(-c2cc(Cl)cc(Cl)c2)cc1)NC(=O)[C@H]1CCCO1. The molecular weight excluding hydrogens is 469 g/mol. The number of benzene rings is 2. The van der Waals surface area contributed by atoms with Crippen LogP contribution < -0.4 is 5.32 Å². The lowest BCUT2D eigenvalue weighted by Crippen LogP contribution is -2.54. The van der Waals surface area contributed by atoms with Crippen LogP contribution in [0.5, 0.6) is 0 Å². The van der Waals surface area contributed by atoms with Crippen molar-refractivity contribution in [2.45, 2.75) is 50.5 Å². The zero-order valence-corrected chi connectivity index (χ0v) is 19.7. The molecule has 1 amide bonds. The van der Waals surface area contributed by atoms with Crippen molar-refractivity contribution < 1.29 is 29.3 Å². The molecule has 0 bridgehead atoms. The number of hydrogen-bond acceptors (Lipinski definition) is 6. The van der Waals surface area contributed by atoms with Crippen molar-refractivity contribution >= 4 is 35.1 Å². The van der Waals surface area contributed by atoms with E-state index in [1.165, 1.54) is 0 Å². The Morgan fingerprint density at radius 3 is 2.36 bits per heavy atom. The van der Waals surface area contributed by atoms with Gasteiger partial charge in [0.25, 0.3) is 0 Å². The van der Waals surface area contributed by atoms with Crippen LogP contribution in [-0.2, 0) is 25.5 Å². The summed E-state index contributed by atoms with van der Waals surface area (Å²) in [7, 11) is 0. The summed E-state index contributed by atoms with van der Waals surface area (Å²) in [4.78, 5) is 24.6. The molecule has 3 rings (SSSR count). The minimum Gasteiger partial charge on any atom is -0.464 e. The average Bonchev–Trinajstić information content (AvgIpc) is 3.33. The second-order valence-electron chi connectivity index (χ2n) is 7.86. The van der Waals surface area contributed by atoms with Gasteiger partial charge in [-0.2, -0.15) is 0 Å². The van der Waals surface area contributed by atoms with Crippen LogP contribution in [0.25, 0.3) is 11.1 Å². The Kier molecular flexibility index (Phi) is 9.11. The number of hydrogen-bond donors (Lipinski definition) is 3. The second kappa shape index (κ2) is 11.8. The lowest BCUT2D eigenvalue weighted by molar-refractivity contribution is -0.161. The number of esters is 1. The van der Waals surface area contributed by atoms with Gasteiger partial charge in [0.15, 0.2) is 6.10 Å². The monoisotopic (exact) mass is 495 g/mol. The molecule has 1 saturated heterocycles. The third-order valence-corrected chi connectivity index (χ3v) is 5.86. The number of ether oxygens (including phenoxy) is 2. The Labute approximate surface area is 202 Å². The predicted octanol–water partition coefficient (Wildman–Crippen LogP) is 3.15. The van der Waals surface area contributed by atoms with Crippen molar-refractivity contribution in [1.82, 2.24) is 5.32 Å². The number of rotatable bonds is 9. The molecule has 1 heterocycles. The van der Waals surface area contributed by atoms with Crippen LogP contribution in [0, 0.1) is 0 Å². The lowest BCUT2D eigenvalue weighted by atomic mass is 9.95. The molecule has 2 aromatic rings. The summed E-state index contributed by atoms with van der Waals surface area (Å²) >= 11 is 12.2. The smallest absolute Gasteiger partial charge is 0.337 e. The first-order valence-corrected chi connectivity index (χ1v) is 11.5. The van der Waals surface area contributed by atoms with Gasteiger partial charge in [0.2, 0.25) is 5.91 Å². The van der Waals surface area contributed by atoms with Crippen molar-refractivity contribution in [2.24, 2.45) is 0 Å². The van der Waals surface area contributed by atoms with Crippen LogP contribution >= 0.6 is 23.2 Å². The standard InChI is InChI=1S/C24H27Cl2NO6/c1-2-32-24(31)22(29)21(28)19(27-23(30)20-4-3-9-33-20)10-14-5-7-15(8-6-14)16-11-17(25)13-18(26)12-16/h5-8,11-13,19-22,28-29H,2-4,9-10H2,1H3,(H,27,30)/t19?,20-,21?,22?/m1/s1. The number of aliphatic hydroxyl groups excluding tert-OH is 2. The number of carbonyl (C=O) groups excluding carboxylic acids is 2. The molecule has 4 atom stereocenters. The molecule has 9 heteroatoms. The quantitative estimate of drug-likeness (QED) is 0.461. The first-order valence-electron chi connectivity index (χ1n) is 10.8. The first kappa shape index (κ1) is 25.5. The van der Waals surface area contributed by atoms with E-state index in [2.05, 4.69) is 5.32 Å². The highest BCUT2D eigenvalue weighted by atomic mass is 35.5. The summed E-state index contributed by atoms with van der Waals surface area (Å²) in [5.74, 6) is -1.34. The van der Waals surface area contributed by atoms with E-state index in [1.54, 1.807) is 25.1 Å². The molecule has 7 nitrogen and oxygen atoms in total. The minimum atomic E-state index is -1.80. The number of nitrogens with one attached hydrogen (secondary N) is 1. The zero-order valence-electron chi connectivity index (χ0n) is 18.2. The molecule has 3 N–H and O–H groups in total. The average molecular weight is 496 g/mol. The van der Waals surface area contributed by atoms with Gasteiger partial charge in [-0.1, -0.05) is 47.5 Å². The summed E-state index contributed by atoms with van der Waals surface area (Å²) in [6.07, 6.45) is -2.47. The van der Waals surface area contributed by atoms with Gasteiger partial charge in [-0.25, -0.2) is 4.79 Å². The van der Waals surface area contributed by atoms with E-state index in [9.17, 15) is 19.8 Å². The Hall–Kier alpha value is -2.16. The summed E-state index contributed by atoms with van der Waals surface area (Å²) in [6, 6.07) is 11.7. The molecule has 2 aromatic carbocycles. The van der Waals surface area contributed by atoms with Crippen molar-refractivity contribution in [2.75, 3.05) is 13.2 Å². The van der Waals surface area contributed by atoms with Gasteiger partial charge < -0.3 is 25.0 Å². The summed E-state index contributed by atoms with van der Waals surface area (Å²) in [5.41, 5.74) is 2.51. The van der Waals surface area contributed by atoms with Gasteiger partial charge in [-0.3, -0.25) is 4.79 Å². The maximum atomic E-state index is 12.6. The zero-order chi connectivity index (χ0) is 24.0.